The molecule has 0 spiro atoms. The van der Waals surface area contributed by atoms with E-state index in [-0.39, 0.29) is 12.5 Å². The summed E-state index contributed by atoms with van der Waals surface area (Å²) < 4.78 is 11.7. The molecule has 5 nitrogen and oxygen atoms in total. The van der Waals surface area contributed by atoms with Crippen LogP contribution in [-0.2, 0) is 4.79 Å². The molecular formula is C16H15IN2O3. The van der Waals surface area contributed by atoms with Crippen molar-refractivity contribution < 1.29 is 14.3 Å². The quantitative estimate of drug-likeness (QED) is 0.453. The molecule has 0 aliphatic rings. The second-order valence-electron chi connectivity index (χ2n) is 4.28. The monoisotopic (exact) mass is 410 g/mol. The smallest absolute Gasteiger partial charge is 0.277 e. The minimum Gasteiger partial charge on any atom is -0.493 e. The van der Waals surface area contributed by atoms with E-state index in [1.54, 1.807) is 25.5 Å². The summed E-state index contributed by atoms with van der Waals surface area (Å²) in [5.41, 5.74) is 3.32. The SMILES string of the molecule is COc1ccccc1OCC(=O)NN=Cc1ccc(I)cc1. The van der Waals surface area contributed by atoms with Crippen molar-refractivity contribution in [2.75, 3.05) is 13.7 Å². The molecule has 6 heteroatoms. The minimum absolute atomic E-state index is 0.135. The van der Waals surface area contributed by atoms with E-state index in [0.29, 0.717) is 11.5 Å². The van der Waals surface area contributed by atoms with Crippen LogP contribution in [0.3, 0.4) is 0 Å². The average Bonchev–Trinajstić information content (AvgIpc) is 2.55. The number of nitrogens with one attached hydrogen (secondary N) is 1. The van der Waals surface area contributed by atoms with Gasteiger partial charge in [0.05, 0.1) is 13.3 Å². The lowest BCUT2D eigenvalue weighted by atomic mass is 10.2. The van der Waals surface area contributed by atoms with E-state index < -0.39 is 0 Å². The van der Waals surface area contributed by atoms with Gasteiger partial charge in [0.15, 0.2) is 18.1 Å². The van der Waals surface area contributed by atoms with Gasteiger partial charge in [0.25, 0.3) is 5.91 Å². The Morgan fingerprint density at radius 1 is 1.18 bits per heavy atom. The maximum Gasteiger partial charge on any atom is 0.277 e. The van der Waals surface area contributed by atoms with Crippen LogP contribution < -0.4 is 14.9 Å². The first-order valence-electron chi connectivity index (χ1n) is 6.52. The molecule has 1 N–H and O–H groups in total. The van der Waals surface area contributed by atoms with Gasteiger partial charge < -0.3 is 9.47 Å². The predicted molar refractivity (Wildman–Crippen MR) is 93.4 cm³/mol. The number of hydrazone groups is 1. The number of ether oxygens (including phenoxy) is 2. The van der Waals surface area contributed by atoms with Gasteiger partial charge in [-0.1, -0.05) is 24.3 Å². The molecule has 2 aromatic rings. The lowest BCUT2D eigenvalue weighted by molar-refractivity contribution is -0.123. The van der Waals surface area contributed by atoms with Gasteiger partial charge in [-0.2, -0.15) is 5.10 Å². The normalized spacial score (nSPS) is 10.5. The highest BCUT2D eigenvalue weighted by Gasteiger charge is 2.05. The van der Waals surface area contributed by atoms with Crippen LogP contribution in [0.5, 0.6) is 11.5 Å². The number of rotatable bonds is 6. The molecule has 22 heavy (non-hydrogen) atoms. The zero-order valence-corrected chi connectivity index (χ0v) is 14.1. The highest BCUT2D eigenvalue weighted by Crippen LogP contribution is 2.25. The van der Waals surface area contributed by atoms with Crippen LogP contribution in [0.2, 0.25) is 0 Å². The topological polar surface area (TPSA) is 59.9 Å². The number of amides is 1. The van der Waals surface area contributed by atoms with Crippen LogP contribution in [0.1, 0.15) is 5.56 Å². The molecule has 2 rings (SSSR count). The number of hydrogen-bond donors (Lipinski definition) is 1. The van der Waals surface area contributed by atoms with Gasteiger partial charge in [0.2, 0.25) is 0 Å². The van der Waals surface area contributed by atoms with Gasteiger partial charge in [-0.15, -0.1) is 0 Å². The third-order valence-electron chi connectivity index (χ3n) is 2.70. The molecule has 0 bridgehead atoms. The Bertz CT molecular complexity index is 657. The minimum atomic E-state index is -0.340. The van der Waals surface area contributed by atoms with E-state index in [1.165, 1.54) is 0 Å². The van der Waals surface area contributed by atoms with Gasteiger partial charge in [0, 0.05) is 3.57 Å². The summed E-state index contributed by atoms with van der Waals surface area (Å²) in [5, 5.41) is 3.89. The van der Waals surface area contributed by atoms with Crippen molar-refractivity contribution in [3.8, 4) is 11.5 Å². The molecule has 0 aliphatic carbocycles. The van der Waals surface area contributed by atoms with Crippen molar-refractivity contribution in [3.63, 3.8) is 0 Å². The highest BCUT2D eigenvalue weighted by molar-refractivity contribution is 14.1. The average molecular weight is 410 g/mol. The Kier molecular flexibility index (Phi) is 6.20. The van der Waals surface area contributed by atoms with Crippen LogP contribution in [0.25, 0.3) is 0 Å². The maximum absolute atomic E-state index is 11.7. The van der Waals surface area contributed by atoms with E-state index >= 15 is 0 Å². The summed E-state index contributed by atoms with van der Waals surface area (Å²) in [5.74, 6) is 0.757. The lowest BCUT2D eigenvalue weighted by Gasteiger charge is -2.09. The summed E-state index contributed by atoms with van der Waals surface area (Å²) in [6.07, 6.45) is 1.58. The molecule has 0 aliphatic heterocycles. The van der Waals surface area contributed by atoms with Gasteiger partial charge in [-0.25, -0.2) is 5.43 Å². The van der Waals surface area contributed by atoms with Gasteiger partial charge in [-0.3, -0.25) is 4.79 Å². The molecule has 0 fully saturated rings. The Hall–Kier alpha value is -2.09. The number of para-hydroxylation sites is 2. The molecule has 1 amide bonds. The fourth-order valence-corrected chi connectivity index (χ4v) is 2.00. The second kappa shape index (κ2) is 8.38. The molecule has 0 saturated carbocycles. The Morgan fingerprint density at radius 3 is 2.55 bits per heavy atom. The van der Waals surface area contributed by atoms with E-state index in [0.717, 1.165) is 9.13 Å². The zero-order chi connectivity index (χ0) is 15.8. The van der Waals surface area contributed by atoms with E-state index in [4.69, 9.17) is 9.47 Å². The van der Waals surface area contributed by atoms with E-state index in [9.17, 15) is 4.79 Å². The van der Waals surface area contributed by atoms with Gasteiger partial charge >= 0.3 is 0 Å². The molecule has 0 saturated heterocycles. The number of methoxy groups -OCH3 is 1. The van der Waals surface area contributed by atoms with Crippen LogP contribution in [-0.4, -0.2) is 25.8 Å². The molecular weight excluding hydrogens is 395 g/mol. The van der Waals surface area contributed by atoms with Crippen molar-refractivity contribution in [2.45, 2.75) is 0 Å². The summed E-state index contributed by atoms with van der Waals surface area (Å²) in [6, 6.07) is 14.9. The highest BCUT2D eigenvalue weighted by atomic mass is 127. The number of halogens is 1. The van der Waals surface area contributed by atoms with E-state index in [1.807, 2.05) is 36.4 Å². The Balaban J connectivity index is 1.82. The predicted octanol–water partition coefficient (Wildman–Crippen LogP) is 2.83. The largest absolute Gasteiger partial charge is 0.493 e. The molecule has 2 aromatic carbocycles. The first-order valence-corrected chi connectivity index (χ1v) is 7.60. The summed E-state index contributed by atoms with van der Waals surface area (Å²) in [6.45, 7) is -0.135. The summed E-state index contributed by atoms with van der Waals surface area (Å²) >= 11 is 2.23. The number of hydrogen-bond acceptors (Lipinski definition) is 4. The molecule has 0 radical (unpaired) electrons. The summed E-state index contributed by atoms with van der Waals surface area (Å²) in [7, 11) is 1.55. The van der Waals surface area contributed by atoms with Crippen molar-refractivity contribution in [3.05, 3.63) is 57.7 Å². The van der Waals surface area contributed by atoms with Crippen LogP contribution >= 0.6 is 22.6 Å². The number of benzene rings is 2. The van der Waals surface area contributed by atoms with Crippen LogP contribution in [0, 0.1) is 3.57 Å². The molecule has 0 atom stereocenters. The number of carbonyl (C=O) groups is 1. The third-order valence-corrected chi connectivity index (χ3v) is 3.42. The fraction of sp³-hybridized carbons (Fsp3) is 0.125. The van der Waals surface area contributed by atoms with Crippen molar-refractivity contribution in [2.24, 2.45) is 5.10 Å². The first kappa shape index (κ1) is 16.3. The Morgan fingerprint density at radius 2 is 1.86 bits per heavy atom. The van der Waals surface area contributed by atoms with Crippen molar-refractivity contribution in [1.82, 2.24) is 5.43 Å². The van der Waals surface area contributed by atoms with Crippen LogP contribution in [0.15, 0.2) is 53.6 Å². The van der Waals surface area contributed by atoms with E-state index in [2.05, 4.69) is 33.1 Å². The van der Waals surface area contributed by atoms with Crippen LogP contribution in [0.4, 0.5) is 0 Å². The maximum atomic E-state index is 11.7. The van der Waals surface area contributed by atoms with Gasteiger partial charge in [0.1, 0.15) is 0 Å². The third kappa shape index (κ3) is 5.03. The summed E-state index contributed by atoms with van der Waals surface area (Å²) in [4.78, 5) is 11.7. The zero-order valence-electron chi connectivity index (χ0n) is 12.0. The number of nitrogens with zero attached hydrogens (tertiary/aromatic N) is 1. The van der Waals surface area contributed by atoms with Crippen molar-refractivity contribution in [1.29, 1.82) is 0 Å². The van der Waals surface area contributed by atoms with Gasteiger partial charge in [-0.05, 0) is 52.4 Å². The standard InChI is InChI=1S/C16H15IN2O3/c1-21-14-4-2-3-5-15(14)22-11-16(20)19-18-10-12-6-8-13(17)9-7-12/h2-10H,11H2,1H3,(H,19,20). The molecule has 114 valence electrons. The molecule has 0 aromatic heterocycles. The number of carbonyl (C=O) groups excluding carboxylic acids is 1. The molecule has 0 heterocycles. The fourth-order valence-electron chi connectivity index (χ4n) is 1.64. The van der Waals surface area contributed by atoms with Crippen molar-refractivity contribution >= 4 is 34.7 Å². The second-order valence-corrected chi connectivity index (χ2v) is 5.53. The lowest BCUT2D eigenvalue weighted by Crippen LogP contribution is -2.24. The molecule has 0 unspecified atom stereocenters. The first-order chi connectivity index (χ1) is 10.7. The Labute approximate surface area is 142 Å².